The summed E-state index contributed by atoms with van der Waals surface area (Å²) >= 11 is 0. The first-order chi connectivity index (χ1) is 13.1. The number of carbonyl (C=O) groups is 1. The van der Waals surface area contributed by atoms with E-state index >= 15 is 0 Å². The number of aryl methyl sites for hydroxylation is 1. The summed E-state index contributed by atoms with van der Waals surface area (Å²) in [4.78, 5) is 19.7. The highest BCUT2D eigenvalue weighted by molar-refractivity contribution is 5.77. The molecule has 27 heavy (non-hydrogen) atoms. The first kappa shape index (κ1) is 20.3. The minimum Gasteiger partial charge on any atom is -0.373 e. The number of nitrogens with two attached hydrogens (primary N) is 1. The Balaban J connectivity index is 1.76. The van der Waals surface area contributed by atoms with Gasteiger partial charge in [0.1, 0.15) is 0 Å². The third-order valence-electron chi connectivity index (χ3n) is 5.58. The van der Waals surface area contributed by atoms with Crippen molar-refractivity contribution in [2.24, 2.45) is 12.8 Å². The van der Waals surface area contributed by atoms with E-state index < -0.39 is 0 Å². The van der Waals surface area contributed by atoms with Gasteiger partial charge in [-0.3, -0.25) is 14.4 Å². The van der Waals surface area contributed by atoms with Gasteiger partial charge in [-0.2, -0.15) is 5.10 Å². The van der Waals surface area contributed by atoms with Gasteiger partial charge >= 0.3 is 0 Å². The molecule has 0 aliphatic carbocycles. The van der Waals surface area contributed by atoms with Gasteiger partial charge in [0.15, 0.2) is 0 Å². The fourth-order valence-electron chi connectivity index (χ4n) is 4.09. The summed E-state index contributed by atoms with van der Waals surface area (Å²) in [5.74, 6) is 0.165. The van der Waals surface area contributed by atoms with Crippen LogP contribution in [0, 0.1) is 0 Å². The Morgan fingerprint density at radius 2 is 2.11 bits per heavy atom. The Hall–Kier alpha value is -1.48. The summed E-state index contributed by atoms with van der Waals surface area (Å²) < 4.78 is 7.99. The van der Waals surface area contributed by atoms with Gasteiger partial charge in [0, 0.05) is 51.4 Å². The fourth-order valence-corrected chi connectivity index (χ4v) is 4.09. The summed E-state index contributed by atoms with van der Waals surface area (Å²) in [5, 5.41) is 4.34. The van der Waals surface area contributed by atoms with E-state index in [0.717, 1.165) is 44.7 Å². The number of carbonyl (C=O) groups excluding carboxylic acids is 1. The van der Waals surface area contributed by atoms with Crippen LogP contribution in [0.3, 0.4) is 0 Å². The second-order valence-electron chi connectivity index (χ2n) is 7.74. The molecule has 152 valence electrons. The molecule has 1 aromatic heterocycles. The lowest BCUT2D eigenvalue weighted by atomic mass is 9.99. The molecular weight excluding hydrogens is 344 g/mol. The monoisotopic (exact) mass is 378 g/mol. The zero-order valence-electron chi connectivity index (χ0n) is 16.7. The van der Waals surface area contributed by atoms with Crippen LogP contribution in [-0.2, 0) is 16.6 Å². The van der Waals surface area contributed by atoms with Crippen LogP contribution >= 0.6 is 0 Å². The van der Waals surface area contributed by atoms with E-state index in [9.17, 15) is 4.79 Å². The number of hydrogen-bond acceptors (Lipinski definition) is 6. The van der Waals surface area contributed by atoms with Crippen molar-refractivity contribution < 1.29 is 9.53 Å². The van der Waals surface area contributed by atoms with Crippen molar-refractivity contribution in [3.63, 3.8) is 0 Å². The molecule has 0 aromatic carbocycles. The van der Waals surface area contributed by atoms with Gasteiger partial charge in [-0.05, 0) is 39.5 Å². The Kier molecular flexibility index (Phi) is 7.23. The van der Waals surface area contributed by atoms with E-state index in [1.54, 1.807) is 4.68 Å². The summed E-state index contributed by atoms with van der Waals surface area (Å²) in [6.07, 6.45) is 6.22. The van der Waals surface area contributed by atoms with Crippen LogP contribution in [0.2, 0.25) is 0 Å². The number of amides is 1. The average molecular weight is 379 g/mol. The van der Waals surface area contributed by atoms with Crippen molar-refractivity contribution in [3.05, 3.63) is 18.0 Å². The molecule has 2 aliphatic heterocycles. The highest BCUT2D eigenvalue weighted by Gasteiger charge is 2.37. The molecule has 2 N–H and O–H groups in total. The maximum Gasteiger partial charge on any atom is 0.223 e. The van der Waals surface area contributed by atoms with E-state index in [1.165, 1.54) is 6.42 Å². The molecule has 0 bridgehead atoms. The van der Waals surface area contributed by atoms with Crippen molar-refractivity contribution in [1.29, 1.82) is 0 Å². The number of ether oxygens (including phenoxy) is 1. The summed E-state index contributed by atoms with van der Waals surface area (Å²) in [7, 11) is 4.09. The van der Waals surface area contributed by atoms with Gasteiger partial charge in [0.2, 0.25) is 5.91 Å². The average Bonchev–Trinajstić information content (AvgIpc) is 2.98. The zero-order chi connectivity index (χ0) is 19.2. The van der Waals surface area contributed by atoms with Gasteiger partial charge in [-0.1, -0.05) is 0 Å². The third-order valence-corrected chi connectivity index (χ3v) is 5.58. The molecule has 3 heterocycles. The van der Waals surface area contributed by atoms with Crippen molar-refractivity contribution in [2.45, 2.75) is 31.4 Å². The predicted octanol–water partition coefficient (Wildman–Crippen LogP) is 0.0650. The Bertz CT molecular complexity index is 607. The minimum atomic E-state index is -0.0845. The fraction of sp³-hybridized carbons (Fsp3) is 0.789. The molecule has 1 amide bonds. The first-order valence-electron chi connectivity index (χ1n) is 10.1. The van der Waals surface area contributed by atoms with Crippen molar-refractivity contribution in [3.8, 4) is 0 Å². The van der Waals surface area contributed by atoms with Crippen LogP contribution in [0.15, 0.2) is 12.4 Å². The van der Waals surface area contributed by atoms with E-state index in [0.29, 0.717) is 26.1 Å². The van der Waals surface area contributed by atoms with E-state index in [1.807, 2.05) is 24.3 Å². The molecule has 2 atom stereocenters. The second-order valence-corrected chi connectivity index (χ2v) is 7.74. The van der Waals surface area contributed by atoms with Crippen molar-refractivity contribution in [1.82, 2.24) is 24.5 Å². The maximum atomic E-state index is 12.9. The molecule has 1 aromatic rings. The quantitative estimate of drug-likeness (QED) is 0.754. The van der Waals surface area contributed by atoms with Gasteiger partial charge in [0.05, 0.1) is 24.9 Å². The number of nitrogens with zero attached hydrogens (tertiary/aromatic N) is 5. The molecule has 2 fully saturated rings. The maximum absolute atomic E-state index is 12.9. The molecular formula is C19H34N6O2. The van der Waals surface area contributed by atoms with Gasteiger partial charge in [-0.25, -0.2) is 0 Å². The van der Waals surface area contributed by atoms with E-state index in [4.69, 9.17) is 10.5 Å². The standard InChI is InChI=1S/C19H34N6O2/c1-22-7-4-8-24(10-9-22)15-17-19(16-13-21-23(2)14-16)25(11-12-27-17)18(26)5-3-6-20/h13-14,17,19H,3-12,15,20H2,1-2H3/t17-,19-/m0/s1. The SMILES string of the molecule is CN1CCCN(C[C@@H]2OCCN(C(=O)CCCN)[C@H]2c2cnn(C)c2)CC1. The zero-order valence-corrected chi connectivity index (χ0v) is 16.7. The van der Waals surface area contributed by atoms with Crippen LogP contribution < -0.4 is 5.73 Å². The van der Waals surface area contributed by atoms with Gasteiger partial charge in [0.25, 0.3) is 0 Å². The minimum absolute atomic E-state index is 0.0341. The summed E-state index contributed by atoms with van der Waals surface area (Å²) in [6, 6.07) is -0.0845. The van der Waals surface area contributed by atoms with Crippen LogP contribution in [0.25, 0.3) is 0 Å². The smallest absolute Gasteiger partial charge is 0.223 e. The van der Waals surface area contributed by atoms with E-state index in [-0.39, 0.29) is 18.1 Å². The molecule has 0 spiro atoms. The molecule has 0 radical (unpaired) electrons. The Morgan fingerprint density at radius 3 is 2.85 bits per heavy atom. The second kappa shape index (κ2) is 9.64. The highest BCUT2D eigenvalue weighted by atomic mass is 16.5. The normalized spacial score (nSPS) is 25.5. The molecule has 2 saturated heterocycles. The molecule has 0 unspecified atom stereocenters. The Labute approximate surface area is 162 Å². The van der Waals surface area contributed by atoms with E-state index in [2.05, 4.69) is 21.9 Å². The Morgan fingerprint density at radius 1 is 1.26 bits per heavy atom. The van der Waals surface area contributed by atoms with Crippen LogP contribution in [0.4, 0.5) is 0 Å². The van der Waals surface area contributed by atoms with Crippen LogP contribution in [0.5, 0.6) is 0 Å². The van der Waals surface area contributed by atoms with Crippen molar-refractivity contribution in [2.75, 3.05) is 59.5 Å². The molecule has 0 saturated carbocycles. The molecule has 8 heteroatoms. The number of hydrogen-bond donors (Lipinski definition) is 1. The first-order valence-corrected chi connectivity index (χ1v) is 10.1. The molecule has 3 rings (SSSR count). The number of rotatable bonds is 6. The number of aromatic nitrogens is 2. The van der Waals surface area contributed by atoms with Gasteiger partial charge in [-0.15, -0.1) is 0 Å². The predicted molar refractivity (Wildman–Crippen MR) is 104 cm³/mol. The number of morpholine rings is 1. The highest BCUT2D eigenvalue weighted by Crippen LogP contribution is 2.31. The van der Waals surface area contributed by atoms with Crippen molar-refractivity contribution >= 4 is 5.91 Å². The number of likely N-dealkylation sites (N-methyl/N-ethyl adjacent to an activating group) is 1. The lowest BCUT2D eigenvalue weighted by Crippen LogP contribution is -2.52. The third kappa shape index (κ3) is 5.28. The van der Waals surface area contributed by atoms with Gasteiger partial charge < -0.3 is 20.3 Å². The largest absolute Gasteiger partial charge is 0.373 e. The lowest BCUT2D eigenvalue weighted by Gasteiger charge is -2.42. The molecule has 2 aliphatic rings. The van der Waals surface area contributed by atoms with Crippen LogP contribution in [-0.4, -0.2) is 96.0 Å². The summed E-state index contributed by atoms with van der Waals surface area (Å²) in [6.45, 7) is 6.92. The van der Waals surface area contributed by atoms with Crippen LogP contribution in [0.1, 0.15) is 30.9 Å². The lowest BCUT2D eigenvalue weighted by molar-refractivity contribution is -0.148. The molecule has 8 nitrogen and oxygen atoms in total. The summed E-state index contributed by atoms with van der Waals surface area (Å²) in [5.41, 5.74) is 6.66. The topological polar surface area (TPSA) is 79.9 Å².